The molecule has 8 nitrogen and oxygen atoms in total. The van der Waals surface area contributed by atoms with Crippen LogP contribution in [0.2, 0.25) is 0 Å². The Morgan fingerprint density at radius 2 is 1.60 bits per heavy atom. The van der Waals surface area contributed by atoms with E-state index >= 15 is 0 Å². The highest BCUT2D eigenvalue weighted by atomic mass is 16.5. The molecule has 0 bridgehead atoms. The third kappa shape index (κ3) is 7.60. The van der Waals surface area contributed by atoms with Crippen molar-refractivity contribution in [2.24, 2.45) is 0 Å². The molecule has 1 unspecified atom stereocenters. The first-order valence-electron chi connectivity index (χ1n) is 11.0. The first kappa shape index (κ1) is 25.3. The van der Waals surface area contributed by atoms with Crippen LogP contribution in [0.4, 0.5) is 5.69 Å². The summed E-state index contributed by atoms with van der Waals surface area (Å²) in [5.74, 6) is -0.327. The molecule has 0 aliphatic carbocycles. The van der Waals surface area contributed by atoms with Crippen LogP contribution in [0.15, 0.2) is 72.8 Å². The number of nitrogens with one attached hydrogen (secondary N) is 2. The Labute approximate surface area is 204 Å². The van der Waals surface area contributed by atoms with Crippen molar-refractivity contribution in [1.29, 1.82) is 0 Å². The maximum absolute atomic E-state index is 12.3. The van der Waals surface area contributed by atoms with Crippen molar-refractivity contribution in [3.05, 3.63) is 89.5 Å². The second kappa shape index (κ2) is 12.2. The second-order valence-corrected chi connectivity index (χ2v) is 7.82. The van der Waals surface area contributed by atoms with Crippen LogP contribution in [0.5, 0.6) is 11.5 Å². The lowest BCUT2D eigenvalue weighted by Crippen LogP contribution is -2.31. The van der Waals surface area contributed by atoms with E-state index in [1.165, 1.54) is 12.1 Å². The monoisotopic (exact) mass is 476 g/mol. The van der Waals surface area contributed by atoms with E-state index in [1.54, 1.807) is 43.5 Å². The molecule has 0 spiro atoms. The molecule has 0 saturated carbocycles. The summed E-state index contributed by atoms with van der Waals surface area (Å²) in [5, 5.41) is 5.54. The van der Waals surface area contributed by atoms with Crippen molar-refractivity contribution in [3.8, 4) is 11.5 Å². The number of hydrogen-bond donors (Lipinski definition) is 2. The van der Waals surface area contributed by atoms with Gasteiger partial charge in [-0.15, -0.1) is 0 Å². The maximum atomic E-state index is 12.3. The van der Waals surface area contributed by atoms with Crippen LogP contribution in [0.3, 0.4) is 0 Å². The fourth-order valence-corrected chi connectivity index (χ4v) is 3.38. The van der Waals surface area contributed by atoms with Gasteiger partial charge < -0.3 is 24.8 Å². The number of carbonyl (C=O) groups excluding carboxylic acids is 3. The van der Waals surface area contributed by atoms with Crippen molar-refractivity contribution < 1.29 is 28.6 Å². The van der Waals surface area contributed by atoms with Crippen LogP contribution in [0.1, 0.15) is 34.5 Å². The molecule has 182 valence electrons. The summed E-state index contributed by atoms with van der Waals surface area (Å²) in [6.45, 7) is 3.24. The maximum Gasteiger partial charge on any atom is 0.338 e. The van der Waals surface area contributed by atoms with E-state index < -0.39 is 18.5 Å². The first-order valence-corrected chi connectivity index (χ1v) is 11.0. The summed E-state index contributed by atoms with van der Waals surface area (Å²) in [6.07, 6.45) is 0. The van der Waals surface area contributed by atoms with Crippen molar-refractivity contribution in [3.63, 3.8) is 0 Å². The van der Waals surface area contributed by atoms with Crippen LogP contribution in [-0.4, -0.2) is 38.1 Å². The molecule has 35 heavy (non-hydrogen) atoms. The molecule has 3 aromatic rings. The molecule has 3 rings (SSSR count). The normalized spacial score (nSPS) is 11.2. The highest BCUT2D eigenvalue weighted by Crippen LogP contribution is 2.18. The topological polar surface area (TPSA) is 103 Å². The number of amides is 2. The number of methoxy groups -OCH3 is 1. The van der Waals surface area contributed by atoms with Crippen molar-refractivity contribution in [2.75, 3.05) is 25.6 Å². The molecule has 3 aromatic carbocycles. The smallest absolute Gasteiger partial charge is 0.338 e. The van der Waals surface area contributed by atoms with E-state index in [0.29, 0.717) is 17.2 Å². The number of rotatable bonds is 10. The molecule has 8 heteroatoms. The number of carbonyl (C=O) groups is 3. The molecule has 0 fully saturated rings. The zero-order valence-electron chi connectivity index (χ0n) is 19.9. The van der Waals surface area contributed by atoms with Gasteiger partial charge in [0.1, 0.15) is 11.5 Å². The van der Waals surface area contributed by atoms with E-state index in [-0.39, 0.29) is 24.1 Å². The largest absolute Gasteiger partial charge is 0.497 e. The van der Waals surface area contributed by atoms with Gasteiger partial charge in [0, 0.05) is 11.8 Å². The molecule has 2 amide bonds. The van der Waals surface area contributed by atoms with Crippen molar-refractivity contribution in [1.82, 2.24) is 5.32 Å². The molecule has 0 aliphatic heterocycles. The third-order valence-corrected chi connectivity index (χ3v) is 5.18. The van der Waals surface area contributed by atoms with E-state index in [9.17, 15) is 14.4 Å². The van der Waals surface area contributed by atoms with Gasteiger partial charge in [0.05, 0.1) is 18.7 Å². The summed E-state index contributed by atoms with van der Waals surface area (Å²) in [7, 11) is 1.55. The Hall–Kier alpha value is -4.33. The molecule has 0 saturated heterocycles. The lowest BCUT2D eigenvalue weighted by atomic mass is 10.0. The summed E-state index contributed by atoms with van der Waals surface area (Å²) >= 11 is 0. The fraction of sp³-hybridized carbons (Fsp3) is 0.222. The van der Waals surface area contributed by atoms with Crippen LogP contribution >= 0.6 is 0 Å². The minimum absolute atomic E-state index is 0.208. The van der Waals surface area contributed by atoms with E-state index in [4.69, 9.17) is 14.2 Å². The zero-order valence-corrected chi connectivity index (χ0v) is 19.9. The molecule has 1 atom stereocenters. The van der Waals surface area contributed by atoms with Gasteiger partial charge in [0.15, 0.2) is 13.2 Å². The average molecular weight is 477 g/mol. The predicted octanol–water partition coefficient (Wildman–Crippen LogP) is 4.06. The summed E-state index contributed by atoms with van der Waals surface area (Å²) in [4.78, 5) is 36.6. The summed E-state index contributed by atoms with van der Waals surface area (Å²) in [5.41, 5.74) is 2.92. The van der Waals surface area contributed by atoms with Gasteiger partial charge >= 0.3 is 5.97 Å². The van der Waals surface area contributed by atoms with Gasteiger partial charge in [0.25, 0.3) is 11.8 Å². The van der Waals surface area contributed by atoms with Crippen molar-refractivity contribution in [2.45, 2.75) is 19.9 Å². The van der Waals surface area contributed by atoms with Gasteiger partial charge in [0.2, 0.25) is 0 Å². The number of hydrogen-bond acceptors (Lipinski definition) is 6. The fourth-order valence-electron chi connectivity index (χ4n) is 3.38. The van der Waals surface area contributed by atoms with Gasteiger partial charge in [-0.25, -0.2) is 4.79 Å². The van der Waals surface area contributed by atoms with E-state index in [0.717, 1.165) is 11.1 Å². The molecule has 0 heterocycles. The van der Waals surface area contributed by atoms with Crippen LogP contribution in [0.25, 0.3) is 0 Å². The molecule has 0 aromatic heterocycles. The highest BCUT2D eigenvalue weighted by Gasteiger charge is 2.14. The Morgan fingerprint density at radius 1 is 0.857 bits per heavy atom. The second-order valence-electron chi connectivity index (χ2n) is 7.82. The summed E-state index contributed by atoms with van der Waals surface area (Å²) < 4.78 is 15.7. The number of aryl methyl sites for hydroxylation is 1. The number of esters is 1. The highest BCUT2D eigenvalue weighted by molar-refractivity contribution is 5.92. The summed E-state index contributed by atoms with van der Waals surface area (Å²) in [6, 6.07) is 20.6. The number of benzene rings is 3. The van der Waals surface area contributed by atoms with E-state index in [1.807, 2.05) is 38.1 Å². The number of ether oxygens (including phenoxy) is 3. The van der Waals surface area contributed by atoms with Crippen LogP contribution in [0, 0.1) is 6.92 Å². The minimum Gasteiger partial charge on any atom is -0.497 e. The molecule has 0 radical (unpaired) electrons. The van der Waals surface area contributed by atoms with Gasteiger partial charge in [-0.3, -0.25) is 9.59 Å². The predicted molar refractivity (Wildman–Crippen MR) is 132 cm³/mol. The molecule has 0 aliphatic rings. The first-order chi connectivity index (χ1) is 16.9. The quantitative estimate of drug-likeness (QED) is 0.428. The van der Waals surface area contributed by atoms with E-state index in [2.05, 4.69) is 10.6 Å². The standard InChI is InChI=1S/C27H28N2O6/c1-18-7-4-5-10-24(18)19(2)28-25(30)17-35-27(32)20-11-13-22(14-12-20)34-16-26(31)29-21-8-6-9-23(15-21)33-3/h4-15,19H,16-17H2,1-3H3,(H,28,30)(H,29,31). The average Bonchev–Trinajstić information content (AvgIpc) is 2.86. The zero-order chi connectivity index (χ0) is 25.2. The minimum atomic E-state index is -0.633. The van der Waals surface area contributed by atoms with Gasteiger partial charge in [-0.2, -0.15) is 0 Å². The Bertz CT molecular complexity index is 1180. The van der Waals surface area contributed by atoms with Crippen molar-refractivity contribution >= 4 is 23.5 Å². The van der Waals surface area contributed by atoms with Gasteiger partial charge in [-0.1, -0.05) is 30.3 Å². The third-order valence-electron chi connectivity index (χ3n) is 5.18. The Kier molecular flexibility index (Phi) is 8.83. The van der Waals surface area contributed by atoms with Crippen LogP contribution < -0.4 is 20.1 Å². The van der Waals surface area contributed by atoms with Crippen LogP contribution in [-0.2, 0) is 14.3 Å². The Balaban J connectivity index is 1.43. The SMILES string of the molecule is COc1cccc(NC(=O)COc2ccc(C(=O)OCC(=O)NC(C)c3ccccc3C)cc2)c1. The lowest BCUT2D eigenvalue weighted by Gasteiger charge is -2.16. The molecule has 2 N–H and O–H groups in total. The Morgan fingerprint density at radius 3 is 2.31 bits per heavy atom. The molecular formula is C27H28N2O6. The van der Waals surface area contributed by atoms with Gasteiger partial charge in [-0.05, 0) is 61.4 Å². The lowest BCUT2D eigenvalue weighted by molar-refractivity contribution is -0.124. The number of anilines is 1. The molecular weight excluding hydrogens is 448 g/mol.